The van der Waals surface area contributed by atoms with Crippen molar-refractivity contribution in [2.45, 2.75) is 38.6 Å². The highest BCUT2D eigenvalue weighted by molar-refractivity contribution is 6.30. The molecule has 3 aliphatic heterocycles. The van der Waals surface area contributed by atoms with E-state index in [4.69, 9.17) is 21.1 Å². The fraction of sp³-hybridized carbons (Fsp3) is 0.417. The summed E-state index contributed by atoms with van der Waals surface area (Å²) >= 11 is 6.30. The predicted octanol–water partition coefficient (Wildman–Crippen LogP) is 3.41. The number of carbonyl (C=O) groups excluding carboxylic acids is 2. The van der Waals surface area contributed by atoms with Crippen LogP contribution < -0.4 is 4.90 Å². The van der Waals surface area contributed by atoms with Crippen molar-refractivity contribution in [3.8, 4) is 0 Å². The quantitative estimate of drug-likeness (QED) is 0.527. The second kappa shape index (κ2) is 7.24. The summed E-state index contributed by atoms with van der Waals surface area (Å²) in [6, 6.07) is 15.4. The molecule has 1 spiro atoms. The Morgan fingerprint density at radius 2 is 1.74 bits per heavy atom. The molecule has 2 aromatic carbocycles. The van der Waals surface area contributed by atoms with Crippen LogP contribution in [0.2, 0.25) is 5.02 Å². The highest BCUT2D eigenvalue weighted by Crippen LogP contribution is 2.48. The molecule has 1 atom stereocenters. The first kappa shape index (κ1) is 20.3. The molecule has 0 radical (unpaired) electrons. The molecule has 0 N–H and O–H groups in total. The molecular formula is C24H25ClN2O4. The third-order valence-electron chi connectivity index (χ3n) is 6.51. The molecule has 0 aliphatic carbocycles. The Balaban J connectivity index is 1.55. The summed E-state index contributed by atoms with van der Waals surface area (Å²) in [5.41, 5.74) is 1.68. The van der Waals surface area contributed by atoms with Crippen LogP contribution in [0, 0.1) is 5.41 Å². The monoisotopic (exact) mass is 440 g/mol. The van der Waals surface area contributed by atoms with Crippen molar-refractivity contribution in [1.29, 1.82) is 0 Å². The van der Waals surface area contributed by atoms with Crippen LogP contribution in [0.4, 0.5) is 5.69 Å². The SMILES string of the molecule is CC1(C)OC(=O)C2(Cc3ccc(Cl)cc3N3CCN(Cc4ccccc4)C[C@H]32)C(=O)O1. The summed E-state index contributed by atoms with van der Waals surface area (Å²) in [4.78, 5) is 31.2. The summed E-state index contributed by atoms with van der Waals surface area (Å²) in [6.45, 7) is 5.96. The molecule has 2 saturated heterocycles. The van der Waals surface area contributed by atoms with Gasteiger partial charge in [-0.25, -0.2) is 0 Å². The van der Waals surface area contributed by atoms with Crippen LogP contribution >= 0.6 is 11.6 Å². The maximum absolute atomic E-state index is 13.4. The fourth-order valence-corrected chi connectivity index (χ4v) is 5.22. The molecule has 2 fully saturated rings. The van der Waals surface area contributed by atoms with Crippen molar-refractivity contribution in [2.24, 2.45) is 5.41 Å². The van der Waals surface area contributed by atoms with Crippen molar-refractivity contribution in [1.82, 2.24) is 4.90 Å². The average Bonchev–Trinajstić information content (AvgIpc) is 2.72. The fourth-order valence-electron chi connectivity index (χ4n) is 5.06. The van der Waals surface area contributed by atoms with Gasteiger partial charge in [-0.3, -0.25) is 14.5 Å². The molecule has 0 bridgehead atoms. The molecular weight excluding hydrogens is 416 g/mol. The Bertz CT molecular complexity index is 1020. The van der Waals surface area contributed by atoms with E-state index in [1.807, 2.05) is 30.3 Å². The number of cyclic esters (lactones) is 2. The normalized spacial score (nSPS) is 24.2. The van der Waals surface area contributed by atoms with Crippen LogP contribution in [0.5, 0.6) is 0 Å². The Morgan fingerprint density at radius 3 is 2.45 bits per heavy atom. The second-order valence-corrected chi connectivity index (χ2v) is 9.47. The number of rotatable bonds is 2. The summed E-state index contributed by atoms with van der Waals surface area (Å²) in [5, 5.41) is 0.634. The zero-order chi connectivity index (χ0) is 21.8. The van der Waals surface area contributed by atoms with Gasteiger partial charge in [0.2, 0.25) is 0 Å². The molecule has 0 unspecified atom stereocenters. The summed E-state index contributed by atoms with van der Waals surface area (Å²) in [7, 11) is 0. The Kier molecular flexibility index (Phi) is 4.75. The molecule has 5 rings (SSSR count). The molecule has 0 amide bonds. The van der Waals surface area contributed by atoms with E-state index in [0.717, 1.165) is 24.3 Å². The van der Waals surface area contributed by atoms with E-state index < -0.39 is 29.2 Å². The molecule has 6 nitrogen and oxygen atoms in total. The number of esters is 2. The lowest BCUT2D eigenvalue weighted by Gasteiger charge is -2.54. The van der Waals surface area contributed by atoms with Crippen molar-refractivity contribution >= 4 is 29.2 Å². The molecule has 2 aromatic rings. The van der Waals surface area contributed by atoms with Crippen molar-refractivity contribution < 1.29 is 19.1 Å². The molecule has 162 valence electrons. The van der Waals surface area contributed by atoms with Gasteiger partial charge in [-0.2, -0.15) is 0 Å². The van der Waals surface area contributed by atoms with Crippen LogP contribution in [0.3, 0.4) is 0 Å². The van der Waals surface area contributed by atoms with E-state index in [2.05, 4.69) is 21.9 Å². The summed E-state index contributed by atoms with van der Waals surface area (Å²) in [5.74, 6) is -2.28. The minimum absolute atomic E-state index is 0.244. The van der Waals surface area contributed by atoms with Gasteiger partial charge in [-0.15, -0.1) is 0 Å². The first-order chi connectivity index (χ1) is 14.8. The van der Waals surface area contributed by atoms with Gasteiger partial charge >= 0.3 is 11.9 Å². The number of carbonyl (C=O) groups is 2. The van der Waals surface area contributed by atoms with Crippen molar-refractivity contribution in [2.75, 3.05) is 24.5 Å². The first-order valence-corrected chi connectivity index (χ1v) is 10.9. The zero-order valence-electron chi connectivity index (χ0n) is 17.6. The molecule has 7 heteroatoms. The smallest absolute Gasteiger partial charge is 0.329 e. The Morgan fingerprint density at radius 1 is 1.03 bits per heavy atom. The lowest BCUT2D eigenvalue weighted by atomic mass is 9.69. The predicted molar refractivity (Wildman–Crippen MR) is 117 cm³/mol. The molecule has 0 saturated carbocycles. The van der Waals surface area contributed by atoms with Crippen LogP contribution in [0.1, 0.15) is 25.0 Å². The van der Waals surface area contributed by atoms with Gasteiger partial charge in [0, 0.05) is 57.2 Å². The van der Waals surface area contributed by atoms with E-state index in [0.29, 0.717) is 18.1 Å². The number of halogens is 1. The maximum Gasteiger partial charge on any atom is 0.329 e. The first-order valence-electron chi connectivity index (χ1n) is 10.6. The minimum atomic E-state index is -1.40. The average molecular weight is 441 g/mol. The van der Waals surface area contributed by atoms with Gasteiger partial charge in [0.1, 0.15) is 0 Å². The number of piperazine rings is 1. The van der Waals surface area contributed by atoms with E-state index in [1.165, 1.54) is 5.56 Å². The van der Waals surface area contributed by atoms with E-state index in [9.17, 15) is 9.59 Å². The Labute approximate surface area is 186 Å². The van der Waals surface area contributed by atoms with Gasteiger partial charge in [-0.05, 0) is 23.3 Å². The number of anilines is 1. The van der Waals surface area contributed by atoms with Gasteiger partial charge in [0.15, 0.2) is 5.41 Å². The molecule has 3 aliphatic rings. The minimum Gasteiger partial charge on any atom is -0.422 e. The van der Waals surface area contributed by atoms with Crippen LogP contribution in [0.15, 0.2) is 48.5 Å². The van der Waals surface area contributed by atoms with Crippen LogP contribution in [0.25, 0.3) is 0 Å². The molecule has 31 heavy (non-hydrogen) atoms. The third kappa shape index (κ3) is 3.38. The highest BCUT2D eigenvalue weighted by atomic mass is 35.5. The van der Waals surface area contributed by atoms with Crippen LogP contribution in [-0.2, 0) is 32.0 Å². The van der Waals surface area contributed by atoms with E-state index >= 15 is 0 Å². The molecule has 0 aromatic heterocycles. The third-order valence-corrected chi connectivity index (χ3v) is 6.75. The number of nitrogens with zero attached hydrogens (tertiary/aromatic N) is 2. The number of benzene rings is 2. The summed E-state index contributed by atoms with van der Waals surface area (Å²) < 4.78 is 11.3. The van der Waals surface area contributed by atoms with E-state index in [-0.39, 0.29) is 6.42 Å². The van der Waals surface area contributed by atoms with Gasteiger partial charge in [0.05, 0.1) is 6.04 Å². The summed E-state index contributed by atoms with van der Waals surface area (Å²) in [6.07, 6.45) is 0.244. The second-order valence-electron chi connectivity index (χ2n) is 9.03. The number of ether oxygens (including phenoxy) is 2. The number of hydrogen-bond donors (Lipinski definition) is 0. The largest absolute Gasteiger partial charge is 0.422 e. The topological polar surface area (TPSA) is 59.1 Å². The van der Waals surface area contributed by atoms with Crippen molar-refractivity contribution in [3.63, 3.8) is 0 Å². The van der Waals surface area contributed by atoms with Crippen molar-refractivity contribution in [3.05, 3.63) is 64.7 Å². The van der Waals surface area contributed by atoms with Gasteiger partial charge in [0.25, 0.3) is 5.79 Å². The van der Waals surface area contributed by atoms with E-state index in [1.54, 1.807) is 19.9 Å². The standard InChI is InChI=1S/C24H25ClN2O4/c1-23(2)30-21(28)24(22(29)31-23)13-17-8-9-18(25)12-19(17)27-11-10-26(15-20(24)27)14-16-6-4-3-5-7-16/h3-9,12,20H,10-11,13-15H2,1-2H3/t20-/m0/s1. The number of hydrogen-bond acceptors (Lipinski definition) is 6. The number of fused-ring (bicyclic) bond motifs is 4. The maximum atomic E-state index is 13.4. The molecule has 3 heterocycles. The zero-order valence-corrected chi connectivity index (χ0v) is 18.4. The lowest BCUT2D eigenvalue weighted by molar-refractivity contribution is -0.253. The highest BCUT2D eigenvalue weighted by Gasteiger charge is 2.64. The lowest BCUT2D eigenvalue weighted by Crippen LogP contribution is -2.70. The van der Waals surface area contributed by atoms with Gasteiger partial charge in [-0.1, -0.05) is 48.0 Å². The Hall–Kier alpha value is -2.57. The van der Waals surface area contributed by atoms with Crippen LogP contribution in [-0.4, -0.2) is 48.3 Å². The van der Waals surface area contributed by atoms with Gasteiger partial charge < -0.3 is 14.4 Å².